The van der Waals surface area contributed by atoms with Gasteiger partial charge >= 0.3 is 5.97 Å². The van der Waals surface area contributed by atoms with Crippen molar-refractivity contribution >= 4 is 11.7 Å². The zero-order chi connectivity index (χ0) is 15.9. The molecule has 0 radical (unpaired) electrons. The van der Waals surface area contributed by atoms with E-state index in [2.05, 4.69) is 0 Å². The van der Waals surface area contributed by atoms with Crippen molar-refractivity contribution < 1.29 is 19.4 Å². The molecule has 2 rings (SSSR count). The van der Waals surface area contributed by atoms with E-state index in [-0.39, 0.29) is 17.9 Å². The monoisotopic (exact) mass is 301 g/mol. The van der Waals surface area contributed by atoms with Gasteiger partial charge in [-0.15, -0.1) is 0 Å². The van der Waals surface area contributed by atoms with Gasteiger partial charge in [0.2, 0.25) is 0 Å². The van der Waals surface area contributed by atoms with E-state index in [0.717, 1.165) is 17.7 Å². The van der Waals surface area contributed by atoms with Gasteiger partial charge in [0.05, 0.1) is 13.7 Å². The highest BCUT2D eigenvalue weighted by atomic mass is 16.5. The van der Waals surface area contributed by atoms with Crippen LogP contribution in [0.25, 0.3) is 0 Å². The van der Waals surface area contributed by atoms with E-state index < -0.39 is 5.97 Å². The Bertz CT molecular complexity index is 638. The number of aromatic hydroxyl groups is 1. The van der Waals surface area contributed by atoms with Gasteiger partial charge in [0.25, 0.3) is 0 Å². The van der Waals surface area contributed by atoms with Crippen LogP contribution in [0.2, 0.25) is 0 Å². The minimum Gasteiger partial charge on any atom is -0.507 e. The van der Waals surface area contributed by atoms with Crippen molar-refractivity contribution in [3.8, 4) is 11.5 Å². The molecule has 22 heavy (non-hydrogen) atoms. The molecule has 0 aromatic heterocycles. The summed E-state index contributed by atoms with van der Waals surface area (Å²) in [5, 5.41) is 9.62. The molecule has 0 bridgehead atoms. The summed E-state index contributed by atoms with van der Waals surface area (Å²) in [6.07, 6.45) is 1.49. The summed E-state index contributed by atoms with van der Waals surface area (Å²) in [4.78, 5) is 11.9. The molecule has 5 heteroatoms. The molecule has 0 aliphatic carbocycles. The Kier molecular flexibility index (Phi) is 5.25. The molecule has 0 aliphatic heterocycles. The molecule has 0 aliphatic rings. The van der Waals surface area contributed by atoms with Gasteiger partial charge in [-0.2, -0.15) is 0 Å². The van der Waals surface area contributed by atoms with E-state index in [4.69, 9.17) is 15.2 Å². The van der Waals surface area contributed by atoms with Crippen LogP contribution >= 0.6 is 0 Å². The highest BCUT2D eigenvalue weighted by Gasteiger charge is 2.12. The third kappa shape index (κ3) is 4.15. The van der Waals surface area contributed by atoms with Gasteiger partial charge < -0.3 is 20.3 Å². The molecule has 0 heterocycles. The maximum atomic E-state index is 11.9. The van der Waals surface area contributed by atoms with Crippen LogP contribution in [0.3, 0.4) is 0 Å². The molecule has 2 aromatic rings. The lowest BCUT2D eigenvalue weighted by Crippen LogP contribution is -2.08. The Hall–Kier alpha value is -2.69. The Labute approximate surface area is 129 Å². The number of phenolic OH excluding ortho intramolecular Hbond substituents is 1. The highest BCUT2D eigenvalue weighted by molar-refractivity contribution is 5.93. The summed E-state index contributed by atoms with van der Waals surface area (Å²) in [6.45, 7) is 0.277. The molecular weight excluding hydrogens is 282 g/mol. The van der Waals surface area contributed by atoms with Crippen LogP contribution in [0.15, 0.2) is 42.5 Å². The molecule has 0 spiro atoms. The second kappa shape index (κ2) is 7.36. The zero-order valence-electron chi connectivity index (χ0n) is 12.4. The maximum absolute atomic E-state index is 11.9. The first-order valence-corrected chi connectivity index (χ1v) is 6.98. The highest BCUT2D eigenvalue weighted by Crippen LogP contribution is 2.20. The molecule has 0 unspecified atom stereocenters. The Balaban J connectivity index is 1.80. The summed E-state index contributed by atoms with van der Waals surface area (Å²) < 4.78 is 10.2. The third-order valence-corrected chi connectivity index (χ3v) is 3.24. The fraction of sp³-hybridized carbons (Fsp3) is 0.235. The number of hydrogen-bond donors (Lipinski definition) is 2. The van der Waals surface area contributed by atoms with Crippen LogP contribution in [0.4, 0.5) is 5.69 Å². The predicted molar refractivity (Wildman–Crippen MR) is 84.1 cm³/mol. The van der Waals surface area contributed by atoms with E-state index >= 15 is 0 Å². The molecule has 0 saturated heterocycles. The lowest BCUT2D eigenvalue weighted by molar-refractivity contribution is 0.0497. The number of ether oxygens (including phenoxy) is 2. The second-order valence-corrected chi connectivity index (χ2v) is 4.86. The number of nitrogens with two attached hydrogens (primary N) is 1. The molecule has 0 saturated carbocycles. The predicted octanol–water partition coefficient (Wildman–Crippen LogP) is 2.77. The van der Waals surface area contributed by atoms with Crippen molar-refractivity contribution in [2.75, 3.05) is 19.5 Å². The lowest BCUT2D eigenvalue weighted by atomic mass is 10.1. The lowest BCUT2D eigenvalue weighted by Gasteiger charge is -2.07. The van der Waals surface area contributed by atoms with Crippen molar-refractivity contribution in [2.45, 2.75) is 12.8 Å². The number of anilines is 1. The average molecular weight is 301 g/mol. The topological polar surface area (TPSA) is 81.8 Å². The first-order valence-electron chi connectivity index (χ1n) is 6.98. The Morgan fingerprint density at radius 3 is 2.59 bits per heavy atom. The normalized spacial score (nSPS) is 10.2. The summed E-state index contributed by atoms with van der Waals surface area (Å²) in [5.41, 5.74) is 7.23. The number of benzene rings is 2. The van der Waals surface area contributed by atoms with Crippen molar-refractivity contribution in [2.24, 2.45) is 0 Å². The number of phenols is 1. The molecule has 0 amide bonds. The average Bonchev–Trinajstić information content (AvgIpc) is 2.54. The fourth-order valence-corrected chi connectivity index (χ4v) is 2.03. The second-order valence-electron chi connectivity index (χ2n) is 4.86. The minimum atomic E-state index is -0.570. The van der Waals surface area contributed by atoms with Crippen LogP contribution in [0.5, 0.6) is 11.5 Å². The van der Waals surface area contributed by atoms with Crippen LogP contribution < -0.4 is 10.5 Å². The van der Waals surface area contributed by atoms with Crippen LogP contribution in [-0.2, 0) is 11.2 Å². The standard InChI is InChI=1S/C17H19NO4/c1-21-14-7-4-12(5-8-14)3-2-10-22-17(20)15-11-13(18)6-9-16(15)19/h4-9,11,19H,2-3,10,18H2,1H3. The van der Waals surface area contributed by atoms with Crippen molar-refractivity contribution in [3.63, 3.8) is 0 Å². The van der Waals surface area contributed by atoms with Gasteiger partial charge in [-0.1, -0.05) is 12.1 Å². The quantitative estimate of drug-likeness (QED) is 0.371. The largest absolute Gasteiger partial charge is 0.507 e. The van der Waals surface area contributed by atoms with E-state index in [0.29, 0.717) is 12.1 Å². The number of nitrogen functional groups attached to an aromatic ring is 1. The first-order chi connectivity index (χ1) is 10.6. The number of methoxy groups -OCH3 is 1. The van der Waals surface area contributed by atoms with Crippen LogP contribution in [0.1, 0.15) is 22.3 Å². The summed E-state index contributed by atoms with van der Waals surface area (Å²) in [7, 11) is 1.63. The fourth-order valence-electron chi connectivity index (χ4n) is 2.03. The molecule has 3 N–H and O–H groups in total. The minimum absolute atomic E-state index is 0.0875. The van der Waals surface area contributed by atoms with E-state index in [9.17, 15) is 9.90 Å². The van der Waals surface area contributed by atoms with Gasteiger partial charge in [0.1, 0.15) is 17.1 Å². The molecule has 0 atom stereocenters. The number of aryl methyl sites for hydroxylation is 1. The number of carbonyl (C=O) groups excluding carboxylic acids is 1. The number of hydrogen-bond acceptors (Lipinski definition) is 5. The Morgan fingerprint density at radius 2 is 1.91 bits per heavy atom. The van der Waals surface area contributed by atoms with Gasteiger partial charge in [-0.05, 0) is 48.7 Å². The SMILES string of the molecule is COc1ccc(CCCOC(=O)c2cc(N)ccc2O)cc1. The molecule has 0 fully saturated rings. The maximum Gasteiger partial charge on any atom is 0.341 e. The Morgan fingerprint density at radius 1 is 1.18 bits per heavy atom. The van der Waals surface area contributed by atoms with Crippen molar-refractivity contribution in [3.05, 3.63) is 53.6 Å². The third-order valence-electron chi connectivity index (χ3n) is 3.24. The van der Waals surface area contributed by atoms with E-state index in [1.54, 1.807) is 7.11 Å². The summed E-state index contributed by atoms with van der Waals surface area (Å²) in [5.74, 6) is 0.112. The first kappa shape index (κ1) is 15.7. The van der Waals surface area contributed by atoms with E-state index in [1.807, 2.05) is 24.3 Å². The molecule has 2 aromatic carbocycles. The number of rotatable bonds is 6. The van der Waals surface area contributed by atoms with Gasteiger partial charge in [-0.25, -0.2) is 4.79 Å². The summed E-state index contributed by atoms with van der Waals surface area (Å²) >= 11 is 0. The van der Waals surface area contributed by atoms with Crippen LogP contribution in [-0.4, -0.2) is 24.8 Å². The number of carbonyl (C=O) groups is 1. The van der Waals surface area contributed by atoms with Gasteiger partial charge in [0.15, 0.2) is 0 Å². The van der Waals surface area contributed by atoms with Crippen molar-refractivity contribution in [1.82, 2.24) is 0 Å². The van der Waals surface area contributed by atoms with E-state index in [1.165, 1.54) is 18.2 Å². The zero-order valence-corrected chi connectivity index (χ0v) is 12.4. The smallest absolute Gasteiger partial charge is 0.341 e. The summed E-state index contributed by atoms with van der Waals surface area (Å²) in [6, 6.07) is 12.0. The van der Waals surface area contributed by atoms with Gasteiger partial charge in [-0.3, -0.25) is 0 Å². The van der Waals surface area contributed by atoms with Gasteiger partial charge in [0, 0.05) is 5.69 Å². The molecule has 116 valence electrons. The van der Waals surface area contributed by atoms with Crippen molar-refractivity contribution in [1.29, 1.82) is 0 Å². The molecule has 5 nitrogen and oxygen atoms in total. The van der Waals surface area contributed by atoms with Crippen LogP contribution in [0, 0.1) is 0 Å². The molecular formula is C17H19NO4. The number of esters is 1.